The molecule has 0 amide bonds. The number of rotatable bonds is 7. The predicted molar refractivity (Wildman–Crippen MR) is 115 cm³/mol. The zero-order valence-corrected chi connectivity index (χ0v) is 15.1. The number of hydrogen-bond acceptors (Lipinski definition) is 4. The van der Waals surface area contributed by atoms with Gasteiger partial charge in [-0.1, -0.05) is 84.9 Å². The van der Waals surface area contributed by atoms with E-state index < -0.39 is 4.92 Å². The molecule has 0 saturated heterocycles. The molecule has 0 spiro atoms. The van der Waals surface area contributed by atoms with Crippen molar-refractivity contribution in [1.82, 2.24) is 0 Å². The zero-order chi connectivity index (χ0) is 19.6. The molecular formula is C23H19N3O2. The Hall–Kier alpha value is -3.99. The highest BCUT2D eigenvalue weighted by molar-refractivity contribution is 6.09. The molecule has 1 N–H and O–H groups in total. The van der Waals surface area contributed by atoms with Gasteiger partial charge in [-0.05, 0) is 29.3 Å². The first-order valence-electron chi connectivity index (χ1n) is 8.76. The fraction of sp³-hybridized carbons (Fsp3) is 0. The largest absolute Gasteiger partial charge is 0.294 e. The summed E-state index contributed by atoms with van der Waals surface area (Å²) in [6, 6.07) is 26.1. The second-order valence-electron chi connectivity index (χ2n) is 5.91. The Kier molecular flexibility index (Phi) is 6.47. The number of benzene rings is 3. The topological polar surface area (TPSA) is 67.5 Å². The highest BCUT2D eigenvalue weighted by atomic mass is 16.6. The van der Waals surface area contributed by atoms with Crippen molar-refractivity contribution in [2.24, 2.45) is 5.10 Å². The summed E-state index contributed by atoms with van der Waals surface area (Å²) in [5.74, 6) is 0. The van der Waals surface area contributed by atoms with Crippen LogP contribution in [0.1, 0.15) is 11.1 Å². The minimum atomic E-state index is -0.433. The number of nitrogens with one attached hydrogen (secondary N) is 1. The maximum Gasteiger partial charge on any atom is 0.294 e. The van der Waals surface area contributed by atoms with Crippen LogP contribution in [0, 0.1) is 10.1 Å². The van der Waals surface area contributed by atoms with Crippen LogP contribution in [0.2, 0.25) is 0 Å². The highest BCUT2D eigenvalue weighted by Gasteiger charge is 2.11. The average Bonchev–Trinajstić information content (AvgIpc) is 2.75. The van der Waals surface area contributed by atoms with Crippen molar-refractivity contribution >= 4 is 29.2 Å². The molecule has 3 aromatic rings. The summed E-state index contributed by atoms with van der Waals surface area (Å²) in [5, 5.41) is 15.5. The Morgan fingerprint density at radius 3 is 1.82 bits per heavy atom. The van der Waals surface area contributed by atoms with E-state index >= 15 is 0 Å². The van der Waals surface area contributed by atoms with Crippen molar-refractivity contribution in [3.63, 3.8) is 0 Å². The van der Waals surface area contributed by atoms with E-state index in [4.69, 9.17) is 0 Å². The lowest BCUT2D eigenvalue weighted by atomic mass is 10.1. The number of nitro groups is 1. The van der Waals surface area contributed by atoms with Crippen LogP contribution in [0.25, 0.3) is 12.2 Å². The molecule has 3 aromatic carbocycles. The summed E-state index contributed by atoms with van der Waals surface area (Å²) in [5.41, 5.74) is 5.83. The van der Waals surface area contributed by atoms with Gasteiger partial charge in [0.2, 0.25) is 0 Å². The SMILES string of the molecule is O=[N+]([O-])c1ccccc1NN=C(/C=C/c1ccccc1)/C=C/c1ccccc1. The predicted octanol–water partition coefficient (Wildman–Crippen LogP) is 5.79. The number of anilines is 1. The van der Waals surface area contributed by atoms with E-state index in [2.05, 4.69) is 10.5 Å². The number of nitrogens with zero attached hydrogens (tertiary/aromatic N) is 2. The minimum Gasteiger partial charge on any atom is -0.271 e. The Morgan fingerprint density at radius 1 is 0.786 bits per heavy atom. The number of nitro benzene ring substituents is 1. The highest BCUT2D eigenvalue weighted by Crippen LogP contribution is 2.23. The normalized spacial score (nSPS) is 10.9. The molecule has 0 bridgehead atoms. The fourth-order valence-electron chi connectivity index (χ4n) is 2.47. The van der Waals surface area contributed by atoms with Crippen molar-refractivity contribution in [3.8, 4) is 0 Å². The maximum absolute atomic E-state index is 11.2. The summed E-state index contributed by atoms with van der Waals surface area (Å²) >= 11 is 0. The van der Waals surface area contributed by atoms with Gasteiger partial charge in [0.15, 0.2) is 0 Å². The van der Waals surface area contributed by atoms with Crippen LogP contribution in [-0.4, -0.2) is 10.6 Å². The Bertz CT molecular complexity index is 959. The van der Waals surface area contributed by atoms with Gasteiger partial charge in [0.05, 0.1) is 10.6 Å². The minimum absolute atomic E-state index is 0.0234. The lowest BCUT2D eigenvalue weighted by Gasteiger charge is -2.03. The van der Waals surface area contributed by atoms with Crippen LogP contribution < -0.4 is 5.43 Å². The van der Waals surface area contributed by atoms with Crippen molar-refractivity contribution in [3.05, 3.63) is 118 Å². The van der Waals surface area contributed by atoms with Gasteiger partial charge in [0, 0.05) is 6.07 Å². The Morgan fingerprint density at radius 2 is 1.29 bits per heavy atom. The van der Waals surface area contributed by atoms with E-state index in [-0.39, 0.29) is 5.69 Å². The van der Waals surface area contributed by atoms with Gasteiger partial charge in [-0.15, -0.1) is 0 Å². The number of allylic oxidation sites excluding steroid dienone is 2. The lowest BCUT2D eigenvalue weighted by molar-refractivity contribution is -0.384. The molecular weight excluding hydrogens is 350 g/mol. The standard InChI is InChI=1S/C23H19N3O2/c27-26(28)23-14-8-7-13-22(23)25-24-21(17-15-19-9-3-1-4-10-19)18-16-20-11-5-2-6-12-20/h1-18,25H/b17-15+,18-16+. The molecule has 0 radical (unpaired) electrons. The van der Waals surface area contributed by atoms with Gasteiger partial charge in [-0.2, -0.15) is 5.10 Å². The summed E-state index contributed by atoms with van der Waals surface area (Å²) in [7, 11) is 0. The van der Waals surface area contributed by atoms with Gasteiger partial charge in [0.1, 0.15) is 5.69 Å². The molecule has 3 rings (SSSR count). The summed E-state index contributed by atoms with van der Waals surface area (Å²) in [6.07, 6.45) is 7.59. The zero-order valence-electron chi connectivity index (χ0n) is 15.1. The van der Waals surface area contributed by atoms with E-state index in [0.717, 1.165) is 11.1 Å². The molecule has 0 heterocycles. The summed E-state index contributed by atoms with van der Waals surface area (Å²) in [6.45, 7) is 0. The molecule has 0 aliphatic heterocycles. The quantitative estimate of drug-likeness (QED) is 0.326. The van der Waals surface area contributed by atoms with Crippen LogP contribution in [0.4, 0.5) is 11.4 Å². The molecule has 0 fully saturated rings. The van der Waals surface area contributed by atoms with Crippen LogP contribution in [-0.2, 0) is 0 Å². The number of hydrazone groups is 1. The van der Waals surface area contributed by atoms with Crippen LogP contribution >= 0.6 is 0 Å². The van der Waals surface area contributed by atoms with Crippen molar-refractivity contribution in [2.75, 3.05) is 5.43 Å². The molecule has 0 unspecified atom stereocenters. The molecule has 0 atom stereocenters. The number of para-hydroxylation sites is 2. The summed E-state index contributed by atoms with van der Waals surface area (Å²) in [4.78, 5) is 10.7. The van der Waals surface area contributed by atoms with Crippen LogP contribution in [0.5, 0.6) is 0 Å². The summed E-state index contributed by atoms with van der Waals surface area (Å²) < 4.78 is 0. The molecule has 138 valence electrons. The molecule has 5 heteroatoms. The molecule has 5 nitrogen and oxygen atoms in total. The first-order chi connectivity index (χ1) is 13.7. The van der Waals surface area contributed by atoms with Gasteiger partial charge in [-0.3, -0.25) is 15.5 Å². The smallest absolute Gasteiger partial charge is 0.271 e. The lowest BCUT2D eigenvalue weighted by Crippen LogP contribution is -1.99. The molecule has 28 heavy (non-hydrogen) atoms. The fourth-order valence-corrected chi connectivity index (χ4v) is 2.47. The second-order valence-corrected chi connectivity index (χ2v) is 5.91. The maximum atomic E-state index is 11.2. The van der Waals surface area contributed by atoms with Gasteiger partial charge >= 0.3 is 0 Å². The average molecular weight is 369 g/mol. The van der Waals surface area contributed by atoms with Crippen LogP contribution in [0.15, 0.2) is 102 Å². The van der Waals surface area contributed by atoms with Crippen LogP contribution in [0.3, 0.4) is 0 Å². The third kappa shape index (κ3) is 5.51. The third-order valence-corrected chi connectivity index (χ3v) is 3.90. The Balaban J connectivity index is 1.87. The van der Waals surface area contributed by atoms with Gasteiger partial charge < -0.3 is 0 Å². The van der Waals surface area contributed by atoms with Crippen molar-refractivity contribution < 1.29 is 4.92 Å². The van der Waals surface area contributed by atoms with E-state index in [0.29, 0.717) is 11.4 Å². The van der Waals surface area contributed by atoms with E-state index in [1.54, 1.807) is 18.2 Å². The van der Waals surface area contributed by atoms with Crippen molar-refractivity contribution in [1.29, 1.82) is 0 Å². The molecule has 0 saturated carbocycles. The van der Waals surface area contributed by atoms with E-state index in [9.17, 15) is 10.1 Å². The first kappa shape index (κ1) is 18.8. The molecule has 0 aliphatic rings. The van der Waals surface area contributed by atoms with Gasteiger partial charge in [-0.25, -0.2) is 0 Å². The molecule has 0 aromatic heterocycles. The van der Waals surface area contributed by atoms with E-state index in [1.165, 1.54) is 6.07 Å². The third-order valence-electron chi connectivity index (χ3n) is 3.90. The molecule has 0 aliphatic carbocycles. The Labute approximate surface area is 163 Å². The second kappa shape index (κ2) is 9.64. The monoisotopic (exact) mass is 369 g/mol. The van der Waals surface area contributed by atoms with E-state index in [1.807, 2.05) is 85.0 Å². The first-order valence-corrected chi connectivity index (χ1v) is 8.76. The van der Waals surface area contributed by atoms with Crippen molar-refractivity contribution in [2.45, 2.75) is 0 Å². The van der Waals surface area contributed by atoms with Gasteiger partial charge in [0.25, 0.3) is 5.69 Å². The number of hydrogen-bond donors (Lipinski definition) is 1.